The number of hydrogen-bond donors (Lipinski definition) is 1. The van der Waals surface area contributed by atoms with E-state index in [1.54, 1.807) is 22.9 Å². The summed E-state index contributed by atoms with van der Waals surface area (Å²) < 4.78 is 6.34. The van der Waals surface area contributed by atoms with Crippen molar-refractivity contribution in [1.29, 1.82) is 0 Å². The third kappa shape index (κ3) is 3.80. The smallest absolute Gasteiger partial charge is 0.356 e. The molecule has 0 aliphatic carbocycles. The Morgan fingerprint density at radius 3 is 2.42 bits per heavy atom. The molecule has 1 aromatic heterocycles. The molecule has 0 aliphatic rings. The van der Waals surface area contributed by atoms with E-state index in [1.807, 2.05) is 49.4 Å². The molecule has 1 heterocycles. The van der Waals surface area contributed by atoms with Crippen molar-refractivity contribution in [3.05, 3.63) is 83.2 Å². The molecule has 0 saturated heterocycles. The highest BCUT2D eigenvalue weighted by molar-refractivity contribution is 5.94. The fourth-order valence-electron chi connectivity index (χ4n) is 2.58. The molecule has 1 amide bonds. The normalized spacial score (nSPS) is 10.4. The zero-order valence-corrected chi connectivity index (χ0v) is 14.6. The van der Waals surface area contributed by atoms with Gasteiger partial charge in [0.25, 0.3) is 5.91 Å². The summed E-state index contributed by atoms with van der Waals surface area (Å²) in [5.41, 5.74) is 3.41. The monoisotopic (exact) mass is 349 g/mol. The maximum absolute atomic E-state index is 12.1. The predicted molar refractivity (Wildman–Crippen MR) is 97.3 cm³/mol. The quantitative estimate of drug-likeness (QED) is 0.719. The summed E-state index contributed by atoms with van der Waals surface area (Å²) in [5, 5.41) is 7.22. The Kier molecular flexibility index (Phi) is 5.12. The third-order valence-corrected chi connectivity index (χ3v) is 3.90. The number of esters is 1. The van der Waals surface area contributed by atoms with E-state index in [1.165, 1.54) is 7.11 Å². The van der Waals surface area contributed by atoms with Crippen LogP contribution in [-0.4, -0.2) is 28.8 Å². The standard InChI is InChI=1S/C20H19N3O3/c1-14-12-18(20(25)26-2)23(22-14)17-10-8-15(9-11-17)13-21-19(24)16-6-4-3-5-7-16/h3-12H,13H2,1-2H3,(H,21,24). The van der Waals surface area contributed by atoms with Gasteiger partial charge in [0.15, 0.2) is 5.69 Å². The number of ether oxygens (including phenoxy) is 1. The van der Waals surface area contributed by atoms with Gasteiger partial charge in [-0.05, 0) is 42.8 Å². The molecule has 0 atom stereocenters. The van der Waals surface area contributed by atoms with Crippen molar-refractivity contribution >= 4 is 11.9 Å². The molecule has 6 heteroatoms. The summed E-state index contributed by atoms with van der Waals surface area (Å²) in [5.74, 6) is -0.560. The summed E-state index contributed by atoms with van der Waals surface area (Å²) >= 11 is 0. The fourth-order valence-corrected chi connectivity index (χ4v) is 2.58. The summed E-state index contributed by atoms with van der Waals surface area (Å²) in [6.45, 7) is 2.23. The van der Waals surface area contributed by atoms with Crippen LogP contribution in [0.15, 0.2) is 60.7 Å². The van der Waals surface area contributed by atoms with Crippen LogP contribution >= 0.6 is 0 Å². The number of methoxy groups -OCH3 is 1. The molecule has 0 spiro atoms. The Morgan fingerprint density at radius 1 is 1.08 bits per heavy atom. The number of benzene rings is 2. The Bertz CT molecular complexity index is 915. The second-order valence-corrected chi connectivity index (χ2v) is 5.79. The third-order valence-electron chi connectivity index (χ3n) is 3.90. The van der Waals surface area contributed by atoms with Gasteiger partial charge in [0.2, 0.25) is 0 Å². The number of carbonyl (C=O) groups is 2. The Hall–Kier alpha value is -3.41. The van der Waals surface area contributed by atoms with Crippen LogP contribution in [0.3, 0.4) is 0 Å². The van der Waals surface area contributed by atoms with Crippen LogP contribution in [0.25, 0.3) is 5.69 Å². The second kappa shape index (κ2) is 7.65. The van der Waals surface area contributed by atoms with E-state index in [4.69, 9.17) is 4.74 Å². The van der Waals surface area contributed by atoms with Gasteiger partial charge in [-0.3, -0.25) is 4.79 Å². The number of carbonyl (C=O) groups excluding carboxylic acids is 2. The minimum Gasteiger partial charge on any atom is -0.464 e. The van der Waals surface area contributed by atoms with E-state index in [-0.39, 0.29) is 5.91 Å². The van der Waals surface area contributed by atoms with Gasteiger partial charge in [0.1, 0.15) is 0 Å². The molecular formula is C20H19N3O3. The summed E-state index contributed by atoms with van der Waals surface area (Å²) in [4.78, 5) is 24.0. The zero-order valence-electron chi connectivity index (χ0n) is 14.6. The topological polar surface area (TPSA) is 73.2 Å². The lowest BCUT2D eigenvalue weighted by Crippen LogP contribution is -2.22. The van der Waals surface area contributed by atoms with Gasteiger partial charge in [-0.1, -0.05) is 30.3 Å². The van der Waals surface area contributed by atoms with E-state index in [2.05, 4.69) is 10.4 Å². The van der Waals surface area contributed by atoms with Crippen LogP contribution in [0, 0.1) is 6.92 Å². The lowest BCUT2D eigenvalue weighted by atomic mass is 10.2. The molecule has 0 radical (unpaired) electrons. The lowest BCUT2D eigenvalue weighted by Gasteiger charge is -2.08. The number of nitrogens with one attached hydrogen (secondary N) is 1. The highest BCUT2D eigenvalue weighted by atomic mass is 16.5. The average Bonchev–Trinajstić information content (AvgIpc) is 3.08. The van der Waals surface area contributed by atoms with Crippen molar-refractivity contribution in [2.75, 3.05) is 7.11 Å². The number of hydrogen-bond acceptors (Lipinski definition) is 4. The first-order valence-corrected chi connectivity index (χ1v) is 8.16. The average molecular weight is 349 g/mol. The van der Waals surface area contributed by atoms with Crippen LogP contribution in [0.5, 0.6) is 0 Å². The maximum atomic E-state index is 12.1. The summed E-state index contributed by atoms with van der Waals surface area (Å²) in [6, 6.07) is 18.2. The Balaban J connectivity index is 1.71. The van der Waals surface area contributed by atoms with Crippen LogP contribution in [0.4, 0.5) is 0 Å². The predicted octanol–water partition coefficient (Wildman–Crippen LogP) is 2.90. The summed E-state index contributed by atoms with van der Waals surface area (Å²) in [6.07, 6.45) is 0. The van der Waals surface area contributed by atoms with Crippen LogP contribution in [-0.2, 0) is 11.3 Å². The summed E-state index contributed by atoms with van der Waals surface area (Å²) in [7, 11) is 1.34. The van der Waals surface area contributed by atoms with Crippen LogP contribution in [0.2, 0.25) is 0 Å². The van der Waals surface area contributed by atoms with Crippen molar-refractivity contribution in [2.24, 2.45) is 0 Å². The largest absolute Gasteiger partial charge is 0.464 e. The zero-order chi connectivity index (χ0) is 18.5. The van der Waals surface area contributed by atoms with Gasteiger partial charge < -0.3 is 10.1 Å². The second-order valence-electron chi connectivity index (χ2n) is 5.79. The van der Waals surface area contributed by atoms with Crippen molar-refractivity contribution in [2.45, 2.75) is 13.5 Å². The number of rotatable bonds is 5. The molecule has 0 saturated carbocycles. The molecular weight excluding hydrogens is 330 g/mol. The van der Waals surface area contributed by atoms with E-state index in [0.29, 0.717) is 17.8 Å². The molecule has 2 aromatic carbocycles. The van der Waals surface area contributed by atoms with E-state index in [9.17, 15) is 9.59 Å². The minimum absolute atomic E-state index is 0.120. The van der Waals surface area contributed by atoms with Gasteiger partial charge in [-0.15, -0.1) is 0 Å². The first kappa shape index (κ1) is 17.4. The molecule has 0 unspecified atom stereocenters. The number of amides is 1. The van der Waals surface area contributed by atoms with Crippen LogP contribution in [0.1, 0.15) is 32.1 Å². The van der Waals surface area contributed by atoms with Crippen molar-refractivity contribution in [3.63, 3.8) is 0 Å². The maximum Gasteiger partial charge on any atom is 0.356 e. The van der Waals surface area contributed by atoms with Crippen LogP contribution < -0.4 is 5.32 Å². The van der Waals surface area contributed by atoms with Crippen molar-refractivity contribution in [1.82, 2.24) is 15.1 Å². The highest BCUT2D eigenvalue weighted by Crippen LogP contribution is 2.15. The van der Waals surface area contributed by atoms with Gasteiger partial charge >= 0.3 is 5.97 Å². The van der Waals surface area contributed by atoms with Crippen molar-refractivity contribution in [3.8, 4) is 5.69 Å². The molecule has 3 aromatic rings. The van der Waals surface area contributed by atoms with Crippen molar-refractivity contribution < 1.29 is 14.3 Å². The Morgan fingerprint density at radius 2 is 1.77 bits per heavy atom. The number of aryl methyl sites for hydroxylation is 1. The molecule has 6 nitrogen and oxygen atoms in total. The van der Waals surface area contributed by atoms with Gasteiger partial charge in [0, 0.05) is 12.1 Å². The Labute approximate surface area is 151 Å². The number of nitrogens with zero attached hydrogens (tertiary/aromatic N) is 2. The lowest BCUT2D eigenvalue weighted by molar-refractivity contribution is 0.0590. The van der Waals surface area contributed by atoms with E-state index < -0.39 is 5.97 Å². The minimum atomic E-state index is -0.440. The first-order chi connectivity index (χ1) is 12.6. The van der Waals surface area contributed by atoms with E-state index >= 15 is 0 Å². The number of aromatic nitrogens is 2. The van der Waals surface area contributed by atoms with Gasteiger partial charge in [-0.25, -0.2) is 9.48 Å². The highest BCUT2D eigenvalue weighted by Gasteiger charge is 2.15. The molecule has 26 heavy (non-hydrogen) atoms. The van der Waals surface area contributed by atoms with Gasteiger partial charge in [-0.2, -0.15) is 5.10 Å². The molecule has 1 N–H and O–H groups in total. The molecule has 0 bridgehead atoms. The van der Waals surface area contributed by atoms with E-state index in [0.717, 1.165) is 16.9 Å². The molecule has 3 rings (SSSR count). The fraction of sp³-hybridized carbons (Fsp3) is 0.150. The molecule has 0 fully saturated rings. The van der Waals surface area contributed by atoms with Gasteiger partial charge in [0.05, 0.1) is 18.5 Å². The first-order valence-electron chi connectivity index (χ1n) is 8.16. The SMILES string of the molecule is COC(=O)c1cc(C)nn1-c1ccc(CNC(=O)c2ccccc2)cc1. The molecule has 0 aliphatic heterocycles. The molecule has 132 valence electrons.